The molecule has 0 fully saturated rings. The van der Waals surface area contributed by atoms with Crippen LogP contribution >= 0.6 is 11.3 Å². The topological polar surface area (TPSA) is 76.4 Å². The van der Waals surface area contributed by atoms with Gasteiger partial charge in [-0.25, -0.2) is 4.52 Å². The van der Waals surface area contributed by atoms with E-state index >= 15 is 0 Å². The molecule has 0 aliphatic rings. The summed E-state index contributed by atoms with van der Waals surface area (Å²) in [5.41, 5.74) is 4.21. The monoisotopic (exact) mass is 452 g/mol. The summed E-state index contributed by atoms with van der Waals surface area (Å²) in [4.78, 5) is 30.3. The molecule has 1 N–H and O–H groups in total. The van der Waals surface area contributed by atoms with Crippen molar-refractivity contribution in [2.45, 2.75) is 13.3 Å². The molecule has 162 valence electrons. The smallest absolute Gasteiger partial charge is 0.296 e. The maximum Gasteiger partial charge on any atom is 0.296 e. The average molecular weight is 453 g/mol. The molecule has 33 heavy (non-hydrogen) atoms. The minimum atomic E-state index is -0.364. The SMILES string of the molecule is Cc1ccc(-c2c(NC(=O)c3ccccc3)sc3nc(=O)c(Cc4ccccc4)nn23)cc1. The van der Waals surface area contributed by atoms with Gasteiger partial charge in [-0.15, -0.1) is 0 Å². The average Bonchev–Trinajstić information content (AvgIpc) is 3.17. The van der Waals surface area contributed by atoms with Gasteiger partial charge in [0.25, 0.3) is 11.5 Å². The van der Waals surface area contributed by atoms with Gasteiger partial charge in [0.05, 0.1) is 0 Å². The van der Waals surface area contributed by atoms with Crippen molar-refractivity contribution in [1.29, 1.82) is 0 Å². The number of anilines is 1. The van der Waals surface area contributed by atoms with Crippen LogP contribution in [0.15, 0.2) is 89.7 Å². The van der Waals surface area contributed by atoms with Gasteiger partial charge in [0.1, 0.15) is 16.4 Å². The first kappa shape index (κ1) is 20.8. The molecule has 0 unspecified atom stereocenters. The van der Waals surface area contributed by atoms with E-state index in [1.807, 2.05) is 79.7 Å². The fourth-order valence-electron chi connectivity index (χ4n) is 3.57. The first-order valence-corrected chi connectivity index (χ1v) is 11.3. The highest BCUT2D eigenvalue weighted by Gasteiger charge is 2.20. The largest absolute Gasteiger partial charge is 0.312 e. The zero-order chi connectivity index (χ0) is 22.8. The first-order valence-electron chi connectivity index (χ1n) is 10.5. The van der Waals surface area contributed by atoms with E-state index in [1.165, 1.54) is 11.3 Å². The van der Waals surface area contributed by atoms with Crippen LogP contribution in [0.3, 0.4) is 0 Å². The number of carbonyl (C=O) groups is 1. The molecular formula is C26H20N4O2S. The number of hydrogen-bond donors (Lipinski definition) is 1. The third-order valence-electron chi connectivity index (χ3n) is 5.27. The second kappa shape index (κ2) is 8.80. The Bertz CT molecular complexity index is 1490. The molecule has 1 amide bonds. The van der Waals surface area contributed by atoms with Crippen molar-refractivity contribution in [2.75, 3.05) is 5.32 Å². The molecule has 0 spiro atoms. The Kier molecular flexibility index (Phi) is 5.54. The number of thiazole rings is 1. The van der Waals surface area contributed by atoms with E-state index in [0.717, 1.165) is 16.7 Å². The van der Waals surface area contributed by atoms with E-state index in [4.69, 9.17) is 0 Å². The van der Waals surface area contributed by atoms with E-state index in [9.17, 15) is 9.59 Å². The van der Waals surface area contributed by atoms with Crippen LogP contribution < -0.4 is 10.9 Å². The summed E-state index contributed by atoms with van der Waals surface area (Å²) in [6.07, 6.45) is 0.379. The number of amides is 1. The van der Waals surface area contributed by atoms with Gasteiger partial charge in [-0.3, -0.25) is 9.59 Å². The Morgan fingerprint density at radius 3 is 2.30 bits per heavy atom. The van der Waals surface area contributed by atoms with E-state index in [0.29, 0.717) is 33.3 Å². The molecule has 0 saturated carbocycles. The van der Waals surface area contributed by atoms with Crippen molar-refractivity contribution in [2.24, 2.45) is 0 Å². The van der Waals surface area contributed by atoms with Gasteiger partial charge in [-0.2, -0.15) is 10.1 Å². The van der Waals surface area contributed by atoms with Crippen LogP contribution in [0.1, 0.15) is 27.2 Å². The Morgan fingerprint density at radius 2 is 1.61 bits per heavy atom. The lowest BCUT2D eigenvalue weighted by Crippen LogP contribution is -2.18. The molecule has 2 aromatic heterocycles. The third kappa shape index (κ3) is 4.31. The van der Waals surface area contributed by atoms with Gasteiger partial charge in [-0.1, -0.05) is 89.7 Å². The van der Waals surface area contributed by atoms with Crippen molar-refractivity contribution < 1.29 is 4.79 Å². The number of nitrogens with zero attached hydrogens (tertiary/aromatic N) is 3. The van der Waals surface area contributed by atoms with Crippen LogP contribution in [-0.4, -0.2) is 20.5 Å². The normalized spacial score (nSPS) is 10.9. The second-order valence-corrected chi connectivity index (χ2v) is 8.66. The van der Waals surface area contributed by atoms with Crippen LogP contribution in [-0.2, 0) is 6.42 Å². The lowest BCUT2D eigenvalue weighted by molar-refractivity contribution is 0.102. The summed E-state index contributed by atoms with van der Waals surface area (Å²) < 4.78 is 1.66. The fourth-order valence-corrected chi connectivity index (χ4v) is 4.54. The lowest BCUT2D eigenvalue weighted by Gasteiger charge is -2.08. The highest BCUT2D eigenvalue weighted by Crippen LogP contribution is 2.35. The zero-order valence-electron chi connectivity index (χ0n) is 17.9. The summed E-state index contributed by atoms with van der Waals surface area (Å²) in [5.74, 6) is -0.233. The minimum Gasteiger partial charge on any atom is -0.312 e. The molecule has 5 aromatic rings. The van der Waals surface area contributed by atoms with E-state index < -0.39 is 0 Å². The van der Waals surface area contributed by atoms with Crippen molar-refractivity contribution in [3.05, 3.63) is 118 Å². The van der Waals surface area contributed by atoms with Gasteiger partial charge in [0.2, 0.25) is 4.96 Å². The van der Waals surface area contributed by atoms with E-state index in [1.54, 1.807) is 16.6 Å². The Balaban J connectivity index is 1.64. The van der Waals surface area contributed by atoms with Gasteiger partial charge in [0, 0.05) is 17.5 Å². The van der Waals surface area contributed by atoms with Crippen molar-refractivity contribution in [3.63, 3.8) is 0 Å². The highest BCUT2D eigenvalue weighted by atomic mass is 32.1. The maximum atomic E-state index is 12.9. The maximum absolute atomic E-state index is 12.9. The minimum absolute atomic E-state index is 0.233. The molecule has 2 heterocycles. The highest BCUT2D eigenvalue weighted by molar-refractivity contribution is 7.21. The molecule has 0 atom stereocenters. The summed E-state index contributed by atoms with van der Waals surface area (Å²) in [6.45, 7) is 2.02. The standard InChI is InChI=1S/C26H20N4O2S/c1-17-12-14-19(15-13-17)22-25(27-23(31)20-10-6-3-7-11-20)33-26-28-24(32)21(29-30(22)26)16-18-8-4-2-5-9-18/h2-15H,16H2,1H3,(H,27,31). The van der Waals surface area contributed by atoms with Gasteiger partial charge in [0.15, 0.2) is 0 Å². The number of carbonyl (C=O) groups excluding carboxylic acids is 1. The molecule has 0 saturated heterocycles. The van der Waals surface area contributed by atoms with Gasteiger partial charge < -0.3 is 5.32 Å². The third-order valence-corrected chi connectivity index (χ3v) is 6.21. The number of fused-ring (bicyclic) bond motifs is 1. The van der Waals surface area contributed by atoms with Crippen LogP contribution in [0.25, 0.3) is 16.2 Å². The number of benzene rings is 3. The van der Waals surface area contributed by atoms with E-state index in [-0.39, 0.29) is 11.5 Å². The summed E-state index contributed by atoms with van der Waals surface area (Å²) >= 11 is 1.23. The van der Waals surface area contributed by atoms with E-state index in [2.05, 4.69) is 15.4 Å². The van der Waals surface area contributed by atoms with Crippen LogP contribution in [0.2, 0.25) is 0 Å². The van der Waals surface area contributed by atoms with Gasteiger partial charge >= 0.3 is 0 Å². The molecule has 0 aliphatic carbocycles. The van der Waals surface area contributed by atoms with Crippen molar-refractivity contribution in [3.8, 4) is 11.3 Å². The Labute approximate surface area is 194 Å². The summed E-state index contributed by atoms with van der Waals surface area (Å²) in [7, 11) is 0. The predicted octanol–water partition coefficient (Wildman–Crippen LogP) is 4.97. The molecule has 0 aliphatic heterocycles. The fraction of sp³-hybridized carbons (Fsp3) is 0.0769. The molecule has 0 radical (unpaired) electrons. The van der Waals surface area contributed by atoms with Crippen LogP contribution in [0.4, 0.5) is 5.00 Å². The molecule has 0 bridgehead atoms. The zero-order valence-corrected chi connectivity index (χ0v) is 18.7. The van der Waals surface area contributed by atoms with Gasteiger partial charge in [-0.05, 0) is 24.6 Å². The number of nitrogens with one attached hydrogen (secondary N) is 1. The Morgan fingerprint density at radius 1 is 0.939 bits per heavy atom. The molecule has 5 rings (SSSR count). The molecule has 6 nitrogen and oxygen atoms in total. The second-order valence-electron chi connectivity index (χ2n) is 7.69. The summed E-state index contributed by atoms with van der Waals surface area (Å²) in [6, 6.07) is 26.7. The van der Waals surface area contributed by atoms with Crippen molar-refractivity contribution in [1.82, 2.24) is 14.6 Å². The molecule has 3 aromatic carbocycles. The number of hydrogen-bond acceptors (Lipinski definition) is 5. The first-order chi connectivity index (χ1) is 16.1. The number of aromatic nitrogens is 3. The number of aryl methyl sites for hydroxylation is 1. The van der Waals surface area contributed by atoms with Crippen LogP contribution in [0.5, 0.6) is 0 Å². The van der Waals surface area contributed by atoms with Crippen LogP contribution in [0, 0.1) is 6.92 Å². The molecular weight excluding hydrogens is 432 g/mol. The summed E-state index contributed by atoms with van der Waals surface area (Å²) in [5, 5.41) is 8.25. The Hall–Kier alpha value is -4.10. The molecule has 7 heteroatoms. The number of rotatable bonds is 5. The quantitative estimate of drug-likeness (QED) is 0.409. The predicted molar refractivity (Wildman–Crippen MR) is 131 cm³/mol. The van der Waals surface area contributed by atoms with Crippen molar-refractivity contribution >= 4 is 27.2 Å². The lowest BCUT2D eigenvalue weighted by atomic mass is 10.1.